The van der Waals surface area contributed by atoms with E-state index in [-0.39, 0.29) is 5.75 Å². The average Bonchev–Trinajstić information content (AvgIpc) is 2.77. The lowest BCUT2D eigenvalue weighted by Crippen LogP contribution is -1.98. The third-order valence-electron chi connectivity index (χ3n) is 3.00. The van der Waals surface area contributed by atoms with Gasteiger partial charge in [-0.1, -0.05) is 29.8 Å². The van der Waals surface area contributed by atoms with Gasteiger partial charge in [0.1, 0.15) is 0 Å². The van der Waals surface area contributed by atoms with Crippen LogP contribution in [0.25, 0.3) is 10.1 Å². The van der Waals surface area contributed by atoms with E-state index in [9.17, 15) is 4.39 Å². The summed E-state index contributed by atoms with van der Waals surface area (Å²) >= 11 is 7.95. The molecule has 1 heterocycles. The van der Waals surface area contributed by atoms with Gasteiger partial charge in [0.05, 0.1) is 11.6 Å². The van der Waals surface area contributed by atoms with E-state index in [0.717, 1.165) is 20.0 Å². The van der Waals surface area contributed by atoms with E-state index in [0.29, 0.717) is 12.2 Å². The van der Waals surface area contributed by atoms with Crippen molar-refractivity contribution in [2.45, 2.75) is 6.54 Å². The van der Waals surface area contributed by atoms with Crippen LogP contribution in [-0.4, -0.2) is 5.11 Å². The topological polar surface area (TPSA) is 32.3 Å². The van der Waals surface area contributed by atoms with Crippen LogP contribution in [0.5, 0.6) is 5.75 Å². The highest BCUT2D eigenvalue weighted by Gasteiger charge is 2.09. The molecule has 0 radical (unpaired) electrons. The Kier molecular flexibility index (Phi) is 3.51. The molecule has 102 valence electrons. The molecule has 0 bridgehead atoms. The molecule has 0 spiro atoms. The van der Waals surface area contributed by atoms with Crippen LogP contribution >= 0.6 is 22.9 Å². The highest BCUT2D eigenvalue weighted by Crippen LogP contribution is 2.35. The van der Waals surface area contributed by atoms with Gasteiger partial charge in [0.25, 0.3) is 0 Å². The predicted molar refractivity (Wildman–Crippen MR) is 82.2 cm³/mol. The van der Waals surface area contributed by atoms with Crippen molar-refractivity contribution in [3.05, 3.63) is 58.2 Å². The maximum atomic E-state index is 13.2. The Morgan fingerprint density at radius 3 is 2.75 bits per heavy atom. The number of hydrogen-bond donors (Lipinski definition) is 2. The number of phenols is 1. The first-order valence-electron chi connectivity index (χ1n) is 6.03. The number of fused-ring (bicyclic) bond motifs is 1. The lowest BCUT2D eigenvalue weighted by atomic mass is 10.2. The van der Waals surface area contributed by atoms with Gasteiger partial charge in [0.2, 0.25) is 0 Å². The molecule has 3 aromatic rings. The van der Waals surface area contributed by atoms with Gasteiger partial charge in [-0.15, -0.1) is 11.3 Å². The zero-order valence-corrected chi connectivity index (χ0v) is 11.9. The van der Waals surface area contributed by atoms with Gasteiger partial charge < -0.3 is 10.4 Å². The molecule has 20 heavy (non-hydrogen) atoms. The Morgan fingerprint density at radius 2 is 2.00 bits per heavy atom. The first kappa shape index (κ1) is 13.2. The van der Waals surface area contributed by atoms with Crippen LogP contribution in [-0.2, 0) is 6.54 Å². The van der Waals surface area contributed by atoms with Crippen LogP contribution in [0.3, 0.4) is 0 Å². The first-order valence-corrected chi connectivity index (χ1v) is 7.23. The number of thiophene rings is 1. The van der Waals surface area contributed by atoms with Gasteiger partial charge >= 0.3 is 0 Å². The fourth-order valence-electron chi connectivity index (χ4n) is 1.98. The van der Waals surface area contributed by atoms with E-state index in [4.69, 9.17) is 16.7 Å². The summed E-state index contributed by atoms with van der Waals surface area (Å²) in [6, 6.07) is 12.1. The van der Waals surface area contributed by atoms with Crippen molar-refractivity contribution < 1.29 is 9.50 Å². The van der Waals surface area contributed by atoms with Crippen molar-refractivity contribution in [2.24, 2.45) is 0 Å². The summed E-state index contributed by atoms with van der Waals surface area (Å²) in [5, 5.41) is 14.0. The molecule has 0 aliphatic rings. The normalized spacial score (nSPS) is 10.9. The van der Waals surface area contributed by atoms with Crippen LogP contribution in [0, 0.1) is 5.82 Å². The fraction of sp³-hybridized carbons (Fsp3) is 0.0667. The number of hydrogen-bond acceptors (Lipinski definition) is 3. The van der Waals surface area contributed by atoms with Gasteiger partial charge in [0.15, 0.2) is 11.6 Å². The molecule has 1 aromatic heterocycles. The largest absolute Gasteiger partial charge is 0.505 e. The molecule has 0 aliphatic heterocycles. The second-order valence-electron chi connectivity index (χ2n) is 4.36. The summed E-state index contributed by atoms with van der Waals surface area (Å²) in [6.45, 7) is 0.516. The van der Waals surface area contributed by atoms with Crippen molar-refractivity contribution >= 4 is 38.7 Å². The Morgan fingerprint density at radius 1 is 1.20 bits per heavy atom. The van der Waals surface area contributed by atoms with Crippen LogP contribution in [0.2, 0.25) is 5.02 Å². The Hall–Kier alpha value is -1.78. The van der Waals surface area contributed by atoms with Crippen LogP contribution < -0.4 is 5.32 Å². The molecule has 0 saturated carbocycles. The van der Waals surface area contributed by atoms with Gasteiger partial charge in [0, 0.05) is 26.7 Å². The van der Waals surface area contributed by atoms with Crippen LogP contribution in [0.15, 0.2) is 42.5 Å². The van der Waals surface area contributed by atoms with E-state index >= 15 is 0 Å². The number of rotatable bonds is 3. The molecule has 5 heteroatoms. The van der Waals surface area contributed by atoms with Crippen molar-refractivity contribution in [3.63, 3.8) is 0 Å². The molecule has 0 amide bonds. The third-order valence-corrected chi connectivity index (χ3v) is 4.72. The lowest BCUT2D eigenvalue weighted by Gasteiger charge is -2.06. The molecular weight excluding hydrogens is 297 g/mol. The summed E-state index contributed by atoms with van der Waals surface area (Å²) in [5.41, 5.74) is 0.605. The Labute approximate surface area is 124 Å². The number of aromatic hydroxyl groups is 1. The van der Waals surface area contributed by atoms with Crippen molar-refractivity contribution in [3.8, 4) is 5.75 Å². The zero-order valence-electron chi connectivity index (χ0n) is 10.4. The SMILES string of the molecule is Oc1ccc(NCc2sc3ccccc3c2Cl)cc1F. The molecular formula is C15H11ClFNOS. The van der Waals surface area contributed by atoms with Crippen molar-refractivity contribution in [2.75, 3.05) is 5.32 Å². The first-order chi connectivity index (χ1) is 9.65. The molecule has 2 N–H and O–H groups in total. The van der Waals surface area contributed by atoms with Gasteiger partial charge in [-0.25, -0.2) is 4.39 Å². The monoisotopic (exact) mass is 307 g/mol. The fourth-order valence-corrected chi connectivity index (χ4v) is 3.42. The molecule has 3 rings (SSSR count). The second-order valence-corrected chi connectivity index (χ2v) is 5.87. The maximum Gasteiger partial charge on any atom is 0.166 e. The number of benzene rings is 2. The minimum Gasteiger partial charge on any atom is -0.505 e. The van der Waals surface area contributed by atoms with Crippen LogP contribution in [0.4, 0.5) is 10.1 Å². The minimum atomic E-state index is -0.641. The molecule has 0 atom stereocenters. The highest BCUT2D eigenvalue weighted by molar-refractivity contribution is 7.19. The average molecular weight is 308 g/mol. The lowest BCUT2D eigenvalue weighted by molar-refractivity contribution is 0.432. The molecule has 0 unspecified atom stereocenters. The zero-order chi connectivity index (χ0) is 14.1. The Bertz CT molecular complexity index is 772. The van der Waals surface area contributed by atoms with Gasteiger partial charge in [-0.3, -0.25) is 0 Å². The predicted octanol–water partition coefficient (Wildman–Crippen LogP) is 5.01. The van der Waals surface area contributed by atoms with Crippen LogP contribution in [0.1, 0.15) is 4.88 Å². The van der Waals surface area contributed by atoms with E-state index in [1.807, 2.05) is 24.3 Å². The van der Waals surface area contributed by atoms with Gasteiger partial charge in [-0.05, 0) is 18.2 Å². The highest BCUT2D eigenvalue weighted by atomic mass is 35.5. The molecule has 0 aliphatic carbocycles. The summed E-state index contributed by atoms with van der Waals surface area (Å²) < 4.78 is 14.4. The molecule has 0 fully saturated rings. The number of nitrogens with one attached hydrogen (secondary N) is 1. The summed E-state index contributed by atoms with van der Waals surface area (Å²) in [7, 11) is 0. The quantitative estimate of drug-likeness (QED) is 0.667. The molecule has 0 saturated heterocycles. The summed E-state index contributed by atoms with van der Waals surface area (Å²) in [6.07, 6.45) is 0. The maximum absolute atomic E-state index is 13.2. The Balaban J connectivity index is 1.83. The van der Waals surface area contributed by atoms with Crippen molar-refractivity contribution in [1.82, 2.24) is 0 Å². The molecule has 2 nitrogen and oxygen atoms in total. The van der Waals surface area contributed by atoms with Gasteiger partial charge in [-0.2, -0.15) is 0 Å². The third kappa shape index (κ3) is 2.44. The van der Waals surface area contributed by atoms with E-state index in [1.54, 1.807) is 17.4 Å². The molecule has 2 aromatic carbocycles. The summed E-state index contributed by atoms with van der Waals surface area (Å²) in [5.74, 6) is -0.993. The number of phenolic OH excluding ortho intramolecular Hbond substituents is 1. The number of halogens is 2. The smallest absolute Gasteiger partial charge is 0.166 e. The second kappa shape index (κ2) is 5.31. The minimum absolute atomic E-state index is 0.351. The number of anilines is 1. The van der Waals surface area contributed by atoms with E-state index in [1.165, 1.54) is 12.1 Å². The summed E-state index contributed by atoms with van der Waals surface area (Å²) in [4.78, 5) is 1.00. The standard InChI is InChI=1S/C15H11ClFNOS/c16-15-10-3-1-2-4-13(10)20-14(15)8-18-9-5-6-12(19)11(17)7-9/h1-7,18-19H,8H2. The van der Waals surface area contributed by atoms with E-state index < -0.39 is 5.82 Å². The van der Waals surface area contributed by atoms with E-state index in [2.05, 4.69) is 5.32 Å². The van der Waals surface area contributed by atoms with Crippen molar-refractivity contribution in [1.29, 1.82) is 0 Å².